The van der Waals surface area contributed by atoms with Crippen molar-refractivity contribution in [2.45, 2.75) is 0 Å². The number of aliphatic imine (C=N–C) groups is 2. The summed E-state index contributed by atoms with van der Waals surface area (Å²) >= 11 is 3.14. The van der Waals surface area contributed by atoms with Gasteiger partial charge in [0, 0.05) is 10.7 Å². The lowest BCUT2D eigenvalue weighted by atomic mass is 10.1. The van der Waals surface area contributed by atoms with Gasteiger partial charge >= 0.3 is 0 Å². The first kappa shape index (κ1) is 6.91. The molecule has 1 atom stereocenters. The van der Waals surface area contributed by atoms with Crippen LogP contribution in [0, 0.1) is 5.92 Å². The molecule has 2 nitrogen and oxygen atoms in total. The topological polar surface area (TPSA) is 24.7 Å². The first-order valence-electron chi connectivity index (χ1n) is 3.12. The first-order valence-corrected chi connectivity index (χ1v) is 3.92. The Bertz CT molecular complexity index is 314. The summed E-state index contributed by atoms with van der Waals surface area (Å²) in [7, 11) is 0. The molecule has 0 amide bonds. The van der Waals surface area contributed by atoms with Crippen molar-refractivity contribution in [3.63, 3.8) is 0 Å². The van der Waals surface area contributed by atoms with Crippen LogP contribution < -0.4 is 0 Å². The minimum atomic E-state index is -0.319. The van der Waals surface area contributed by atoms with Gasteiger partial charge < -0.3 is 0 Å². The Labute approximate surface area is 71.4 Å². The largest absolute Gasteiger partial charge is 0.241 e. The van der Waals surface area contributed by atoms with Gasteiger partial charge in [-0.2, -0.15) is 0 Å². The summed E-state index contributed by atoms with van der Waals surface area (Å²) in [6.07, 6.45) is 4.61. The molecule has 0 aromatic heterocycles. The molecule has 0 bridgehead atoms. The highest BCUT2D eigenvalue weighted by atomic mass is 79.9. The molecule has 0 saturated heterocycles. The van der Waals surface area contributed by atoms with E-state index in [1.54, 1.807) is 12.3 Å². The number of nitrogens with zero attached hydrogens (tertiary/aromatic N) is 2. The van der Waals surface area contributed by atoms with Crippen LogP contribution in [0.3, 0.4) is 0 Å². The molecule has 0 aliphatic carbocycles. The standard InChI is InChI=1S/C7H4BrFN2/c8-6-4-1-2-10-7(4)11-3-5(6)9/h1-4H/t4-/m1/s1. The van der Waals surface area contributed by atoms with Crippen molar-refractivity contribution in [3.05, 3.63) is 22.6 Å². The van der Waals surface area contributed by atoms with E-state index in [1.807, 2.05) is 0 Å². The number of dihydropyridines is 1. The minimum Gasteiger partial charge on any atom is -0.241 e. The Hall–Kier alpha value is -0.770. The fourth-order valence-corrected chi connectivity index (χ4v) is 1.48. The molecular weight excluding hydrogens is 211 g/mol. The van der Waals surface area contributed by atoms with Gasteiger partial charge in [-0.25, -0.2) is 14.4 Å². The zero-order valence-electron chi connectivity index (χ0n) is 5.46. The van der Waals surface area contributed by atoms with Crippen LogP contribution >= 0.6 is 15.9 Å². The van der Waals surface area contributed by atoms with Gasteiger partial charge in [-0.15, -0.1) is 0 Å². The molecule has 2 aliphatic heterocycles. The van der Waals surface area contributed by atoms with Gasteiger partial charge in [0.2, 0.25) is 0 Å². The predicted molar refractivity (Wildman–Crippen MR) is 45.6 cm³/mol. The summed E-state index contributed by atoms with van der Waals surface area (Å²) in [6, 6.07) is 0. The van der Waals surface area contributed by atoms with Crippen LogP contribution in [0.2, 0.25) is 0 Å². The molecule has 2 aliphatic rings. The maximum absolute atomic E-state index is 12.8. The van der Waals surface area contributed by atoms with E-state index in [9.17, 15) is 4.39 Å². The van der Waals surface area contributed by atoms with Crippen molar-refractivity contribution in [1.82, 2.24) is 0 Å². The Morgan fingerprint density at radius 1 is 1.55 bits per heavy atom. The van der Waals surface area contributed by atoms with Gasteiger partial charge in [0.1, 0.15) is 5.84 Å². The number of amidine groups is 1. The van der Waals surface area contributed by atoms with E-state index in [0.29, 0.717) is 10.3 Å². The second-order valence-electron chi connectivity index (χ2n) is 2.26. The maximum atomic E-state index is 12.8. The van der Waals surface area contributed by atoms with Crippen molar-refractivity contribution in [3.8, 4) is 0 Å². The number of hydrogen-bond donors (Lipinski definition) is 0. The van der Waals surface area contributed by atoms with Crippen molar-refractivity contribution in [2.24, 2.45) is 15.9 Å². The average Bonchev–Trinajstić information content (AvgIpc) is 2.45. The third kappa shape index (κ3) is 0.976. The molecule has 0 aromatic carbocycles. The van der Waals surface area contributed by atoms with E-state index < -0.39 is 0 Å². The molecule has 0 aromatic rings. The van der Waals surface area contributed by atoms with E-state index in [-0.39, 0.29) is 11.7 Å². The van der Waals surface area contributed by atoms with Crippen LogP contribution in [-0.2, 0) is 0 Å². The molecular formula is C7H4BrFN2. The van der Waals surface area contributed by atoms with Gasteiger partial charge in [0.15, 0.2) is 5.83 Å². The monoisotopic (exact) mass is 214 g/mol. The van der Waals surface area contributed by atoms with Gasteiger partial charge in [-0.3, -0.25) is 0 Å². The molecule has 56 valence electrons. The molecule has 11 heavy (non-hydrogen) atoms. The lowest BCUT2D eigenvalue weighted by Crippen LogP contribution is -2.12. The second kappa shape index (κ2) is 2.37. The number of allylic oxidation sites excluding steroid dienone is 1. The van der Waals surface area contributed by atoms with E-state index in [1.165, 1.54) is 6.21 Å². The summed E-state index contributed by atoms with van der Waals surface area (Å²) in [5, 5.41) is 0. The lowest BCUT2D eigenvalue weighted by molar-refractivity contribution is 0.673. The van der Waals surface area contributed by atoms with Gasteiger partial charge in [0.25, 0.3) is 0 Å². The van der Waals surface area contributed by atoms with Crippen LogP contribution in [0.5, 0.6) is 0 Å². The average molecular weight is 215 g/mol. The van der Waals surface area contributed by atoms with E-state index in [0.717, 1.165) is 0 Å². The van der Waals surface area contributed by atoms with Gasteiger partial charge in [-0.05, 0) is 0 Å². The maximum Gasteiger partial charge on any atom is 0.152 e. The Balaban J connectivity index is 2.47. The van der Waals surface area contributed by atoms with E-state index in [2.05, 4.69) is 25.9 Å². The molecule has 0 unspecified atom stereocenters. The lowest BCUT2D eigenvalue weighted by Gasteiger charge is -2.11. The molecule has 0 saturated carbocycles. The number of rotatable bonds is 0. The smallest absolute Gasteiger partial charge is 0.152 e. The van der Waals surface area contributed by atoms with Crippen LogP contribution in [0.1, 0.15) is 0 Å². The fourth-order valence-electron chi connectivity index (χ4n) is 1.02. The van der Waals surface area contributed by atoms with Gasteiger partial charge in [-0.1, -0.05) is 22.0 Å². The molecule has 0 N–H and O–H groups in total. The second-order valence-corrected chi connectivity index (χ2v) is 3.11. The van der Waals surface area contributed by atoms with E-state index in [4.69, 9.17) is 0 Å². The summed E-state index contributed by atoms with van der Waals surface area (Å²) in [4.78, 5) is 7.77. The predicted octanol–water partition coefficient (Wildman–Crippen LogP) is 2.19. The zero-order valence-corrected chi connectivity index (χ0v) is 7.05. The third-order valence-electron chi connectivity index (χ3n) is 1.57. The minimum absolute atomic E-state index is 0.0972. The van der Waals surface area contributed by atoms with Crippen LogP contribution in [-0.4, -0.2) is 12.1 Å². The Kier molecular flexibility index (Phi) is 1.49. The summed E-state index contributed by atoms with van der Waals surface area (Å²) < 4.78 is 13.3. The Morgan fingerprint density at radius 3 is 3.18 bits per heavy atom. The SMILES string of the molecule is FC1=C(Br)[C@H]2C=CN=C2N=C1. The van der Waals surface area contributed by atoms with Crippen molar-refractivity contribution in [1.29, 1.82) is 0 Å². The van der Waals surface area contributed by atoms with Crippen molar-refractivity contribution in [2.75, 3.05) is 0 Å². The third-order valence-corrected chi connectivity index (χ3v) is 2.45. The van der Waals surface area contributed by atoms with Crippen molar-refractivity contribution < 1.29 is 4.39 Å². The van der Waals surface area contributed by atoms with Crippen LogP contribution in [0.15, 0.2) is 32.6 Å². The number of fused-ring (bicyclic) bond motifs is 1. The molecule has 0 radical (unpaired) electrons. The number of hydrogen-bond acceptors (Lipinski definition) is 2. The molecule has 0 fully saturated rings. The first-order chi connectivity index (χ1) is 5.29. The molecule has 4 heteroatoms. The van der Waals surface area contributed by atoms with Crippen molar-refractivity contribution >= 4 is 28.0 Å². The fraction of sp³-hybridized carbons (Fsp3) is 0.143. The summed E-state index contributed by atoms with van der Waals surface area (Å²) in [6.45, 7) is 0. The number of halogens is 2. The highest BCUT2D eigenvalue weighted by Gasteiger charge is 2.24. The summed E-state index contributed by atoms with van der Waals surface area (Å²) in [5.74, 6) is 0.235. The normalized spacial score (nSPS) is 27.5. The van der Waals surface area contributed by atoms with E-state index >= 15 is 0 Å². The Morgan fingerprint density at radius 2 is 2.36 bits per heavy atom. The quantitative estimate of drug-likeness (QED) is 0.591. The molecule has 2 heterocycles. The highest BCUT2D eigenvalue weighted by molar-refractivity contribution is 9.11. The highest BCUT2D eigenvalue weighted by Crippen LogP contribution is 2.30. The van der Waals surface area contributed by atoms with Crippen LogP contribution in [0.25, 0.3) is 0 Å². The molecule has 2 rings (SSSR count). The molecule has 0 spiro atoms. The summed E-state index contributed by atoms with van der Waals surface area (Å²) in [5.41, 5.74) is 0. The zero-order chi connectivity index (χ0) is 7.84. The van der Waals surface area contributed by atoms with Crippen LogP contribution in [0.4, 0.5) is 4.39 Å². The van der Waals surface area contributed by atoms with Gasteiger partial charge in [0.05, 0.1) is 12.1 Å².